The lowest BCUT2D eigenvalue weighted by Gasteiger charge is -2.11. The van der Waals surface area contributed by atoms with Crippen LogP contribution < -0.4 is 0 Å². The third-order valence-corrected chi connectivity index (χ3v) is 3.69. The van der Waals surface area contributed by atoms with Crippen LogP contribution in [0.5, 0.6) is 5.75 Å². The predicted octanol–water partition coefficient (Wildman–Crippen LogP) is 2.17. The number of carbonyl (C=O) groups excluding carboxylic acids is 1. The number of aromatic hydroxyl groups is 1. The van der Waals surface area contributed by atoms with Gasteiger partial charge in [-0.1, -0.05) is 24.8 Å². The molecule has 1 aromatic heterocycles. The first-order valence-corrected chi connectivity index (χ1v) is 7.48. The van der Waals surface area contributed by atoms with E-state index in [1.165, 1.54) is 10.9 Å². The maximum Gasteiger partial charge on any atom is 0.186 e. The van der Waals surface area contributed by atoms with Crippen molar-refractivity contribution < 1.29 is 15.0 Å². The largest absolute Gasteiger partial charge is 0.506 e. The van der Waals surface area contributed by atoms with Crippen LogP contribution >= 0.6 is 0 Å². The Kier molecular flexibility index (Phi) is 4.14. The average molecular weight is 323 g/mol. The number of hydrogen-bond acceptors (Lipinski definition) is 5. The Labute approximate surface area is 138 Å². The van der Waals surface area contributed by atoms with Gasteiger partial charge in [-0.2, -0.15) is 0 Å². The molecule has 122 valence electrons. The van der Waals surface area contributed by atoms with Crippen molar-refractivity contribution in [2.24, 2.45) is 0 Å². The molecule has 0 radical (unpaired) electrons. The molecular weight excluding hydrogens is 306 g/mol. The van der Waals surface area contributed by atoms with Crippen molar-refractivity contribution in [2.75, 3.05) is 0 Å². The standard InChI is InChI=1S/C18H17N3O3/c1-11(2)18(24)17(23)10-12-7-8-16(22)15(9-12)21-19-13-5-3-4-6-14(13)20-21/h3-9,17,22-23H,1,10H2,2H3. The normalized spacial score (nSPS) is 12.2. The summed E-state index contributed by atoms with van der Waals surface area (Å²) >= 11 is 0. The van der Waals surface area contributed by atoms with Gasteiger partial charge < -0.3 is 10.2 Å². The van der Waals surface area contributed by atoms with Gasteiger partial charge in [0.25, 0.3) is 0 Å². The lowest BCUT2D eigenvalue weighted by Crippen LogP contribution is -2.23. The number of nitrogens with zero attached hydrogens (tertiary/aromatic N) is 3. The topological polar surface area (TPSA) is 88.2 Å². The third-order valence-electron chi connectivity index (χ3n) is 3.69. The van der Waals surface area contributed by atoms with Gasteiger partial charge in [0.2, 0.25) is 0 Å². The van der Waals surface area contributed by atoms with Crippen LogP contribution in [0.2, 0.25) is 0 Å². The van der Waals surface area contributed by atoms with E-state index < -0.39 is 11.9 Å². The van der Waals surface area contributed by atoms with Crippen LogP contribution in [0.15, 0.2) is 54.6 Å². The lowest BCUT2D eigenvalue weighted by molar-refractivity contribution is -0.123. The Balaban J connectivity index is 1.94. The maximum atomic E-state index is 11.8. The first-order chi connectivity index (χ1) is 11.5. The summed E-state index contributed by atoms with van der Waals surface area (Å²) < 4.78 is 0. The summed E-state index contributed by atoms with van der Waals surface area (Å²) in [6.45, 7) is 5.11. The molecule has 0 bridgehead atoms. The number of fused-ring (bicyclic) bond motifs is 1. The van der Waals surface area contributed by atoms with Crippen LogP contribution in [0.4, 0.5) is 0 Å². The fourth-order valence-corrected chi connectivity index (χ4v) is 2.42. The van der Waals surface area contributed by atoms with Gasteiger partial charge in [0, 0.05) is 6.42 Å². The van der Waals surface area contributed by atoms with Crippen molar-refractivity contribution in [3.05, 3.63) is 60.2 Å². The molecule has 24 heavy (non-hydrogen) atoms. The summed E-state index contributed by atoms with van der Waals surface area (Å²) in [5.74, 6) is -0.382. The molecule has 0 spiro atoms. The number of aliphatic hydroxyl groups excluding tert-OH is 1. The summed E-state index contributed by atoms with van der Waals surface area (Å²) in [7, 11) is 0. The smallest absolute Gasteiger partial charge is 0.186 e. The fraction of sp³-hybridized carbons (Fsp3) is 0.167. The van der Waals surface area contributed by atoms with Crippen LogP contribution in [0.25, 0.3) is 16.7 Å². The first-order valence-electron chi connectivity index (χ1n) is 7.48. The van der Waals surface area contributed by atoms with Crippen LogP contribution in [-0.4, -0.2) is 37.1 Å². The fourth-order valence-electron chi connectivity index (χ4n) is 2.42. The van der Waals surface area contributed by atoms with Crippen molar-refractivity contribution >= 4 is 16.8 Å². The summed E-state index contributed by atoms with van der Waals surface area (Å²) in [6.07, 6.45) is -1.04. The minimum absolute atomic E-state index is 0.0137. The first kappa shape index (κ1) is 15.9. The third kappa shape index (κ3) is 3.04. The van der Waals surface area contributed by atoms with Crippen LogP contribution in [0, 0.1) is 0 Å². The Bertz CT molecular complexity index is 897. The lowest BCUT2D eigenvalue weighted by atomic mass is 10.0. The highest BCUT2D eigenvalue weighted by molar-refractivity contribution is 5.97. The molecule has 3 aromatic rings. The van der Waals surface area contributed by atoms with Gasteiger partial charge >= 0.3 is 0 Å². The van der Waals surface area contributed by atoms with Crippen LogP contribution in [0.1, 0.15) is 12.5 Å². The molecule has 6 heteroatoms. The number of hydrogen-bond donors (Lipinski definition) is 2. The Morgan fingerprint density at radius 1 is 1.21 bits per heavy atom. The number of carbonyl (C=O) groups is 1. The van der Waals surface area contributed by atoms with Gasteiger partial charge in [-0.3, -0.25) is 4.79 Å². The van der Waals surface area contributed by atoms with Crippen molar-refractivity contribution in [3.63, 3.8) is 0 Å². The molecule has 6 nitrogen and oxygen atoms in total. The molecule has 2 aromatic carbocycles. The van der Waals surface area contributed by atoms with Crippen LogP contribution in [-0.2, 0) is 11.2 Å². The second-order valence-electron chi connectivity index (χ2n) is 5.67. The van der Waals surface area contributed by atoms with E-state index in [0.717, 1.165) is 0 Å². The molecule has 0 aliphatic carbocycles. The molecule has 0 saturated carbocycles. The second-order valence-corrected chi connectivity index (χ2v) is 5.67. The van der Waals surface area contributed by atoms with E-state index in [1.54, 1.807) is 19.1 Å². The molecule has 1 atom stereocenters. The van der Waals surface area contributed by atoms with Crippen molar-refractivity contribution in [3.8, 4) is 11.4 Å². The number of rotatable bonds is 5. The minimum Gasteiger partial charge on any atom is -0.506 e. The number of aliphatic hydroxyl groups is 1. The second kappa shape index (κ2) is 6.25. The molecule has 3 rings (SSSR count). The number of phenolic OH excluding ortho intramolecular Hbond substituents is 1. The zero-order chi connectivity index (χ0) is 17.3. The van der Waals surface area contributed by atoms with E-state index >= 15 is 0 Å². The molecule has 0 amide bonds. The SMILES string of the molecule is C=C(C)C(=O)C(O)Cc1ccc(O)c(-n2nc3ccccc3n2)c1. The molecule has 0 aliphatic heterocycles. The van der Waals surface area contributed by atoms with Crippen molar-refractivity contribution in [1.29, 1.82) is 0 Å². The van der Waals surface area contributed by atoms with Crippen molar-refractivity contribution in [1.82, 2.24) is 15.0 Å². The van der Waals surface area contributed by atoms with E-state index in [0.29, 0.717) is 27.9 Å². The van der Waals surface area contributed by atoms with E-state index in [2.05, 4.69) is 16.8 Å². The number of ketones is 1. The Morgan fingerprint density at radius 3 is 2.42 bits per heavy atom. The summed E-state index contributed by atoms with van der Waals surface area (Å²) in [5.41, 5.74) is 2.80. The van der Waals surface area contributed by atoms with E-state index in [9.17, 15) is 15.0 Å². The number of Topliss-reactive ketones (excluding diaryl/α,β-unsaturated/α-hetero) is 1. The maximum absolute atomic E-state index is 11.8. The molecule has 0 saturated heterocycles. The van der Waals surface area contributed by atoms with Gasteiger partial charge in [-0.15, -0.1) is 15.0 Å². The van der Waals surface area contributed by atoms with E-state index in [4.69, 9.17) is 0 Å². The highest BCUT2D eigenvalue weighted by Crippen LogP contribution is 2.24. The van der Waals surface area contributed by atoms with Crippen molar-refractivity contribution in [2.45, 2.75) is 19.4 Å². The minimum atomic E-state index is -1.16. The van der Waals surface area contributed by atoms with Gasteiger partial charge in [-0.05, 0) is 42.3 Å². The van der Waals surface area contributed by atoms with Crippen LogP contribution in [0.3, 0.4) is 0 Å². The zero-order valence-electron chi connectivity index (χ0n) is 13.2. The monoisotopic (exact) mass is 323 g/mol. The van der Waals surface area contributed by atoms with Gasteiger partial charge in [0.15, 0.2) is 5.78 Å². The highest BCUT2D eigenvalue weighted by Gasteiger charge is 2.17. The Hall–Kier alpha value is -2.99. The van der Waals surface area contributed by atoms with E-state index in [1.807, 2.05) is 24.3 Å². The summed E-state index contributed by atoms with van der Waals surface area (Å²) in [4.78, 5) is 13.1. The van der Waals surface area contributed by atoms with Gasteiger partial charge in [-0.25, -0.2) is 0 Å². The summed E-state index contributed by atoms with van der Waals surface area (Å²) in [5, 5.41) is 28.7. The molecule has 2 N–H and O–H groups in total. The molecule has 0 fully saturated rings. The van der Waals surface area contributed by atoms with Gasteiger partial charge in [0.05, 0.1) is 0 Å². The molecule has 0 aliphatic rings. The quantitative estimate of drug-likeness (QED) is 0.703. The number of benzene rings is 2. The van der Waals surface area contributed by atoms with E-state index in [-0.39, 0.29) is 12.2 Å². The average Bonchev–Trinajstić information content (AvgIpc) is 2.99. The Morgan fingerprint density at radius 2 is 1.83 bits per heavy atom. The molecule has 1 unspecified atom stereocenters. The predicted molar refractivity (Wildman–Crippen MR) is 90.1 cm³/mol. The molecular formula is C18H17N3O3. The highest BCUT2D eigenvalue weighted by atomic mass is 16.3. The van der Waals surface area contributed by atoms with Gasteiger partial charge in [0.1, 0.15) is 28.6 Å². The number of phenols is 1. The molecule has 1 heterocycles. The number of aromatic nitrogens is 3. The summed E-state index contributed by atoms with van der Waals surface area (Å²) in [6, 6.07) is 12.2. The zero-order valence-corrected chi connectivity index (χ0v) is 13.2.